The number of rotatable bonds is 24. The van der Waals surface area contributed by atoms with Gasteiger partial charge < -0.3 is 38.6 Å². The zero-order valence-electron chi connectivity index (χ0n) is 30.2. The molecule has 49 heavy (non-hydrogen) atoms. The van der Waals surface area contributed by atoms with Crippen LogP contribution in [-0.4, -0.2) is 126 Å². The van der Waals surface area contributed by atoms with E-state index in [1.54, 1.807) is 31.2 Å². The fourth-order valence-corrected chi connectivity index (χ4v) is 4.70. The molecule has 2 aromatic rings. The molecule has 0 radical (unpaired) electrons. The van der Waals surface area contributed by atoms with Gasteiger partial charge in [0.05, 0.1) is 102 Å². The highest BCUT2D eigenvalue weighted by Crippen LogP contribution is 2.14. The van der Waals surface area contributed by atoms with Crippen molar-refractivity contribution < 1.29 is 61.0 Å². The SMILES string of the molecule is CCCOCCOCCOCCOS(=O)(=O)c1ccc(C)cc1.Cc1ccc(S(=O)(=O)Cl)cc1.OCCOCCOCCOCCO.[2H]CC. The van der Waals surface area contributed by atoms with E-state index in [1.165, 1.54) is 24.3 Å². The standard InChI is InChI=1S/C16H26O6S.C8H18O5.C7H7ClO2S.C2H6/c1-3-8-19-9-10-20-11-12-21-13-14-22-23(17,18)16-6-4-15(2)5-7-16;9-1-3-11-5-7-13-8-6-12-4-2-10;1-6-2-4-7(5-3-6)11(8,9)10;1-2/h4-7H,3,8-14H2,1-2H3;9-10H,1-8H2;2-5H,1H3;1-2H3/i;;;1D. The van der Waals surface area contributed by atoms with Crippen LogP contribution in [0.15, 0.2) is 58.3 Å². The highest BCUT2D eigenvalue weighted by Gasteiger charge is 2.14. The molecule has 16 heteroatoms. The molecular weight excluding hydrogens is 704 g/mol. The van der Waals surface area contributed by atoms with Crippen LogP contribution in [-0.2, 0) is 51.8 Å². The van der Waals surface area contributed by atoms with E-state index in [-0.39, 0.29) is 36.2 Å². The molecule has 0 aliphatic carbocycles. The van der Waals surface area contributed by atoms with E-state index < -0.39 is 19.2 Å². The summed E-state index contributed by atoms with van der Waals surface area (Å²) in [5.41, 5.74) is 2.00. The number of halogens is 1. The summed E-state index contributed by atoms with van der Waals surface area (Å²) in [5.74, 6) is 0. The Morgan fingerprint density at radius 3 is 1.20 bits per heavy atom. The van der Waals surface area contributed by atoms with Crippen molar-refractivity contribution in [2.45, 2.75) is 50.8 Å². The Bertz CT molecular complexity index is 1230. The maximum absolute atomic E-state index is 11.9. The highest BCUT2D eigenvalue weighted by atomic mass is 35.7. The minimum atomic E-state index is -3.72. The molecule has 0 atom stereocenters. The van der Waals surface area contributed by atoms with Gasteiger partial charge in [-0.2, -0.15) is 8.42 Å². The first-order valence-electron chi connectivity index (χ1n) is 16.5. The summed E-state index contributed by atoms with van der Waals surface area (Å²) in [7, 11) is -2.18. The summed E-state index contributed by atoms with van der Waals surface area (Å²) in [5, 5.41) is 16.7. The van der Waals surface area contributed by atoms with E-state index in [0.29, 0.717) is 73.0 Å². The number of aliphatic hydroxyl groups is 2. The fourth-order valence-electron chi connectivity index (χ4n) is 3.03. The van der Waals surface area contributed by atoms with Crippen LogP contribution in [0.2, 0.25) is 0 Å². The summed E-state index contributed by atoms with van der Waals surface area (Å²) in [6.07, 6.45) is 0.995. The lowest BCUT2D eigenvalue weighted by molar-refractivity contribution is 0.00230. The van der Waals surface area contributed by atoms with Crippen molar-refractivity contribution in [3.05, 3.63) is 59.7 Å². The predicted molar refractivity (Wildman–Crippen MR) is 189 cm³/mol. The van der Waals surface area contributed by atoms with Gasteiger partial charge in [0.2, 0.25) is 0 Å². The highest BCUT2D eigenvalue weighted by molar-refractivity contribution is 8.13. The molecule has 0 amide bonds. The lowest BCUT2D eigenvalue weighted by Gasteiger charge is -2.08. The number of aryl methyl sites for hydroxylation is 2. The number of hydrogen-bond acceptors (Lipinski definition) is 13. The lowest BCUT2D eigenvalue weighted by Crippen LogP contribution is -2.14. The van der Waals surface area contributed by atoms with Gasteiger partial charge in [-0.15, -0.1) is 0 Å². The quantitative estimate of drug-likeness (QED) is 0.0889. The van der Waals surface area contributed by atoms with Crippen LogP contribution in [0.5, 0.6) is 0 Å². The van der Waals surface area contributed by atoms with Crippen molar-refractivity contribution in [2.75, 3.05) is 99.1 Å². The summed E-state index contributed by atoms with van der Waals surface area (Å²) >= 11 is 0. The molecule has 2 aromatic carbocycles. The zero-order chi connectivity index (χ0) is 37.9. The summed E-state index contributed by atoms with van der Waals surface area (Å²) in [6, 6.07) is 12.9. The lowest BCUT2D eigenvalue weighted by atomic mass is 10.2. The number of aliphatic hydroxyl groups excluding tert-OH is 2. The van der Waals surface area contributed by atoms with Gasteiger partial charge >= 0.3 is 0 Å². The molecule has 0 unspecified atom stereocenters. The van der Waals surface area contributed by atoms with Crippen LogP contribution in [0.3, 0.4) is 0 Å². The Morgan fingerprint density at radius 1 is 0.571 bits per heavy atom. The maximum atomic E-state index is 11.9. The van der Waals surface area contributed by atoms with Crippen LogP contribution < -0.4 is 0 Å². The third-order valence-electron chi connectivity index (χ3n) is 5.39. The number of hydrogen-bond donors (Lipinski definition) is 2. The van der Waals surface area contributed by atoms with Crippen molar-refractivity contribution >= 4 is 29.9 Å². The van der Waals surface area contributed by atoms with Crippen LogP contribution in [0, 0.1) is 13.8 Å². The molecule has 0 fully saturated rings. The van der Waals surface area contributed by atoms with Crippen LogP contribution >= 0.6 is 10.7 Å². The second-order valence-corrected chi connectivity index (χ2v) is 13.6. The maximum Gasteiger partial charge on any atom is 0.297 e. The van der Waals surface area contributed by atoms with Crippen LogP contribution in [0.4, 0.5) is 0 Å². The molecule has 0 saturated heterocycles. The zero-order valence-corrected chi connectivity index (χ0v) is 31.6. The van der Waals surface area contributed by atoms with Gasteiger partial charge in [-0.25, -0.2) is 8.42 Å². The van der Waals surface area contributed by atoms with E-state index in [2.05, 4.69) is 6.92 Å². The second-order valence-electron chi connectivity index (χ2n) is 9.46. The van der Waals surface area contributed by atoms with Gasteiger partial charge in [0.1, 0.15) is 0 Å². The Morgan fingerprint density at radius 2 is 0.878 bits per heavy atom. The van der Waals surface area contributed by atoms with Crippen LogP contribution in [0.25, 0.3) is 0 Å². The van der Waals surface area contributed by atoms with Crippen molar-refractivity contribution in [3.63, 3.8) is 0 Å². The Balaban J connectivity index is 0. The van der Waals surface area contributed by atoms with Gasteiger partial charge in [0.15, 0.2) is 0 Å². The predicted octanol–water partition coefficient (Wildman–Crippen LogP) is 4.13. The van der Waals surface area contributed by atoms with Crippen molar-refractivity contribution in [1.82, 2.24) is 0 Å². The minimum Gasteiger partial charge on any atom is -0.394 e. The van der Waals surface area contributed by atoms with E-state index in [0.717, 1.165) is 24.2 Å². The largest absolute Gasteiger partial charge is 0.394 e. The summed E-state index contributed by atoms with van der Waals surface area (Å²) in [6.45, 7) is 13.7. The average molecular weight is 762 g/mol. The molecule has 0 aliphatic heterocycles. The molecule has 0 aromatic heterocycles. The van der Waals surface area contributed by atoms with Gasteiger partial charge in [0.25, 0.3) is 19.2 Å². The third kappa shape index (κ3) is 30.8. The first-order valence-corrected chi connectivity index (χ1v) is 19.6. The number of benzene rings is 2. The van der Waals surface area contributed by atoms with Gasteiger partial charge in [-0.3, -0.25) is 4.18 Å². The van der Waals surface area contributed by atoms with Crippen molar-refractivity contribution in [1.29, 1.82) is 0 Å². The molecule has 0 bridgehead atoms. The first kappa shape index (κ1) is 47.3. The molecule has 0 heterocycles. The van der Waals surface area contributed by atoms with E-state index in [1.807, 2.05) is 13.8 Å². The third-order valence-corrected chi connectivity index (χ3v) is 8.08. The Labute approximate surface area is 299 Å². The molecule has 2 N–H and O–H groups in total. The molecule has 13 nitrogen and oxygen atoms in total. The second kappa shape index (κ2) is 33.4. The van der Waals surface area contributed by atoms with E-state index >= 15 is 0 Å². The number of ether oxygens (including phenoxy) is 6. The first-order chi connectivity index (χ1) is 23.9. The summed E-state index contributed by atoms with van der Waals surface area (Å²) < 4.78 is 87.2. The minimum absolute atomic E-state index is 0.0180. The molecule has 0 spiro atoms. The van der Waals surface area contributed by atoms with Gasteiger partial charge in [-0.1, -0.05) is 56.1 Å². The van der Waals surface area contributed by atoms with Crippen molar-refractivity contribution in [3.8, 4) is 0 Å². The van der Waals surface area contributed by atoms with E-state index in [9.17, 15) is 16.8 Å². The average Bonchev–Trinajstić information content (AvgIpc) is 3.07. The Kier molecular flexibility index (Phi) is 32.2. The normalized spacial score (nSPS) is 11.3. The van der Waals surface area contributed by atoms with Crippen molar-refractivity contribution in [2.24, 2.45) is 0 Å². The molecule has 0 aliphatic rings. The smallest absolute Gasteiger partial charge is 0.297 e. The topological polar surface area (TPSA) is 173 Å². The van der Waals surface area contributed by atoms with Gasteiger partial charge in [-0.05, 0) is 44.5 Å². The summed E-state index contributed by atoms with van der Waals surface area (Å²) in [4.78, 5) is 0.295. The van der Waals surface area contributed by atoms with Gasteiger partial charge in [0, 0.05) is 18.7 Å². The van der Waals surface area contributed by atoms with Crippen LogP contribution in [0.1, 0.15) is 39.7 Å². The monoisotopic (exact) mass is 761 g/mol. The molecule has 286 valence electrons. The molecular formula is C33H57ClO13S2. The fraction of sp³-hybridized carbons (Fsp3) is 0.636. The molecule has 0 saturated carbocycles. The molecule has 2 rings (SSSR count). The Hall–Kier alpha value is -1.73. The van der Waals surface area contributed by atoms with E-state index in [4.69, 9.17) is 54.9 Å².